The summed E-state index contributed by atoms with van der Waals surface area (Å²) in [5.74, 6) is 0.152. The summed E-state index contributed by atoms with van der Waals surface area (Å²) < 4.78 is 1.85. The third kappa shape index (κ3) is 2.61. The van der Waals surface area contributed by atoms with E-state index in [0.29, 0.717) is 6.42 Å². The van der Waals surface area contributed by atoms with Gasteiger partial charge in [-0.15, -0.1) is 0 Å². The molecule has 0 fully saturated rings. The average Bonchev–Trinajstić information content (AvgIpc) is 2.83. The number of nitrogens with zero attached hydrogens (tertiary/aromatic N) is 2. The number of hydrogen-bond acceptors (Lipinski definition) is 2. The first-order valence-corrected chi connectivity index (χ1v) is 7.36. The molecule has 0 saturated carbocycles. The van der Waals surface area contributed by atoms with Crippen LogP contribution in [0, 0.1) is 6.92 Å². The Labute approximate surface area is 123 Å². The molecular formula is C17H19N3O. The number of para-hydroxylation sites is 1. The molecule has 1 aromatic carbocycles. The molecule has 0 aliphatic carbocycles. The molecule has 21 heavy (non-hydrogen) atoms. The number of aromatic nitrogens is 3. The van der Waals surface area contributed by atoms with E-state index in [1.165, 1.54) is 0 Å². The van der Waals surface area contributed by atoms with Crippen molar-refractivity contribution >= 4 is 28.3 Å². The van der Waals surface area contributed by atoms with Gasteiger partial charge >= 0.3 is 0 Å². The van der Waals surface area contributed by atoms with Gasteiger partial charge in [-0.05, 0) is 25.5 Å². The van der Waals surface area contributed by atoms with E-state index in [0.717, 1.165) is 40.3 Å². The lowest BCUT2D eigenvalue weighted by Crippen LogP contribution is -2.14. The standard InChI is InChI=1S/C17H19N3O/c1-3-4-7-15(21)10-14-9-12(2)19-16-8-5-6-13-11-18-20(14)17(13)16/h5-6,8-11,19H,3-4,7H2,1-2H3/b14-10-. The molecule has 0 atom stereocenters. The molecule has 4 nitrogen and oxygen atoms in total. The first-order chi connectivity index (χ1) is 10.2. The maximum Gasteiger partial charge on any atom is 0.157 e. The Morgan fingerprint density at radius 1 is 1.43 bits per heavy atom. The van der Waals surface area contributed by atoms with Crippen LogP contribution in [-0.4, -0.2) is 20.4 Å². The van der Waals surface area contributed by atoms with Gasteiger partial charge < -0.3 is 4.98 Å². The molecule has 2 aromatic heterocycles. The Kier molecular flexibility index (Phi) is 3.60. The van der Waals surface area contributed by atoms with Gasteiger partial charge in [0.15, 0.2) is 5.78 Å². The van der Waals surface area contributed by atoms with Crippen LogP contribution in [0.3, 0.4) is 0 Å². The third-order valence-electron chi connectivity index (χ3n) is 3.62. The monoisotopic (exact) mass is 281 g/mol. The van der Waals surface area contributed by atoms with Crippen LogP contribution < -0.4 is 5.35 Å². The highest BCUT2D eigenvalue weighted by Gasteiger charge is 2.05. The Bertz CT molecular complexity index is 870. The van der Waals surface area contributed by atoms with E-state index in [1.54, 1.807) is 6.08 Å². The number of H-pyrrole nitrogens is 1. The summed E-state index contributed by atoms with van der Waals surface area (Å²) in [5.41, 5.74) is 3.03. The van der Waals surface area contributed by atoms with Crippen molar-refractivity contribution < 1.29 is 4.79 Å². The average molecular weight is 281 g/mol. The van der Waals surface area contributed by atoms with Crippen molar-refractivity contribution in [2.24, 2.45) is 0 Å². The molecule has 108 valence electrons. The van der Waals surface area contributed by atoms with Gasteiger partial charge in [0.25, 0.3) is 0 Å². The van der Waals surface area contributed by atoms with Gasteiger partial charge in [-0.1, -0.05) is 25.5 Å². The fourth-order valence-electron chi connectivity index (χ4n) is 2.60. The van der Waals surface area contributed by atoms with Crippen LogP contribution in [0.1, 0.15) is 31.9 Å². The fourth-order valence-corrected chi connectivity index (χ4v) is 2.60. The van der Waals surface area contributed by atoms with Gasteiger partial charge in [0.05, 0.1) is 22.6 Å². The number of unbranched alkanes of at least 4 members (excludes halogenated alkanes) is 1. The highest BCUT2D eigenvalue weighted by Crippen LogP contribution is 2.16. The Morgan fingerprint density at radius 2 is 2.29 bits per heavy atom. The van der Waals surface area contributed by atoms with Crippen molar-refractivity contribution in [3.63, 3.8) is 0 Å². The van der Waals surface area contributed by atoms with Crippen LogP contribution in [0.2, 0.25) is 0 Å². The number of rotatable bonds is 4. The minimum atomic E-state index is 0.152. The molecule has 1 N–H and O–H groups in total. The van der Waals surface area contributed by atoms with E-state index in [2.05, 4.69) is 17.0 Å². The second-order valence-electron chi connectivity index (χ2n) is 5.39. The largest absolute Gasteiger partial charge is 0.357 e. The second-order valence-corrected chi connectivity index (χ2v) is 5.39. The van der Waals surface area contributed by atoms with Crippen LogP contribution in [0.25, 0.3) is 22.5 Å². The summed E-state index contributed by atoms with van der Waals surface area (Å²) in [5, 5.41) is 6.33. The molecule has 0 bridgehead atoms. The highest BCUT2D eigenvalue weighted by atomic mass is 16.1. The van der Waals surface area contributed by atoms with Crippen LogP contribution in [-0.2, 0) is 4.79 Å². The summed E-state index contributed by atoms with van der Waals surface area (Å²) in [7, 11) is 0. The minimum Gasteiger partial charge on any atom is -0.357 e. The van der Waals surface area contributed by atoms with Gasteiger partial charge in [0.2, 0.25) is 0 Å². The number of carbonyl (C=O) groups is 1. The molecule has 0 spiro atoms. The number of benzene rings is 1. The number of aromatic amines is 1. The van der Waals surface area contributed by atoms with Gasteiger partial charge in [-0.2, -0.15) is 5.10 Å². The Morgan fingerprint density at radius 3 is 3.10 bits per heavy atom. The maximum atomic E-state index is 12.1. The summed E-state index contributed by atoms with van der Waals surface area (Å²) in [6, 6.07) is 8.03. The summed E-state index contributed by atoms with van der Waals surface area (Å²) in [4.78, 5) is 15.4. The lowest BCUT2D eigenvalue weighted by Gasteiger charge is -1.95. The molecule has 0 aliphatic heterocycles. The summed E-state index contributed by atoms with van der Waals surface area (Å²) in [6.07, 6.45) is 6.08. The van der Waals surface area contributed by atoms with Crippen molar-refractivity contribution in [3.8, 4) is 0 Å². The maximum absolute atomic E-state index is 12.1. The molecule has 2 heterocycles. The van der Waals surface area contributed by atoms with Crippen molar-refractivity contribution in [2.75, 3.05) is 0 Å². The lowest BCUT2D eigenvalue weighted by atomic mass is 10.2. The number of nitrogens with one attached hydrogen (secondary N) is 1. The van der Waals surface area contributed by atoms with Crippen LogP contribution in [0.4, 0.5) is 0 Å². The SMILES string of the molecule is CCCCC(=O)/C=c1/cc(C)[nH]c2cccc3cnn1c32. The summed E-state index contributed by atoms with van der Waals surface area (Å²) in [6.45, 7) is 4.09. The van der Waals surface area contributed by atoms with Crippen LogP contribution in [0.15, 0.2) is 30.5 Å². The van der Waals surface area contributed by atoms with Crippen LogP contribution >= 0.6 is 0 Å². The fraction of sp³-hybridized carbons (Fsp3) is 0.294. The highest BCUT2D eigenvalue weighted by molar-refractivity contribution is 6.05. The normalized spacial score (nSPS) is 12.4. The van der Waals surface area contributed by atoms with Gasteiger partial charge in [-0.3, -0.25) is 4.79 Å². The van der Waals surface area contributed by atoms with Crippen molar-refractivity contribution in [1.82, 2.24) is 14.6 Å². The van der Waals surface area contributed by atoms with E-state index < -0.39 is 0 Å². The molecule has 0 radical (unpaired) electrons. The molecular weight excluding hydrogens is 262 g/mol. The zero-order valence-corrected chi connectivity index (χ0v) is 12.4. The van der Waals surface area contributed by atoms with Gasteiger partial charge in [0.1, 0.15) is 0 Å². The first kappa shape index (κ1) is 13.6. The quantitative estimate of drug-likeness (QED) is 0.799. The van der Waals surface area contributed by atoms with E-state index in [1.807, 2.05) is 41.9 Å². The molecule has 0 amide bonds. The molecule has 3 rings (SSSR count). The molecule has 0 saturated heterocycles. The minimum absolute atomic E-state index is 0.152. The Balaban J connectivity index is 2.28. The summed E-state index contributed by atoms with van der Waals surface area (Å²) >= 11 is 0. The topological polar surface area (TPSA) is 50.2 Å². The zero-order valence-electron chi connectivity index (χ0n) is 12.4. The molecule has 4 heteroatoms. The third-order valence-corrected chi connectivity index (χ3v) is 3.62. The Hall–Kier alpha value is -2.36. The van der Waals surface area contributed by atoms with E-state index in [-0.39, 0.29) is 5.78 Å². The number of ketones is 1. The van der Waals surface area contributed by atoms with Gasteiger partial charge in [-0.25, -0.2) is 4.52 Å². The van der Waals surface area contributed by atoms with Gasteiger partial charge in [0, 0.05) is 23.6 Å². The smallest absolute Gasteiger partial charge is 0.157 e. The zero-order chi connectivity index (χ0) is 14.8. The molecule has 0 unspecified atom stereocenters. The number of Topliss-reactive ketones (excluding diaryl/α,β-unsaturated/α-hetero) is 1. The number of hydrogen-bond donors (Lipinski definition) is 1. The number of carbonyl (C=O) groups excluding carboxylic acids is 1. The van der Waals surface area contributed by atoms with E-state index in [4.69, 9.17) is 0 Å². The van der Waals surface area contributed by atoms with Crippen molar-refractivity contribution in [2.45, 2.75) is 33.1 Å². The number of aryl methyl sites for hydroxylation is 1. The second kappa shape index (κ2) is 5.56. The lowest BCUT2D eigenvalue weighted by molar-refractivity contribution is -0.113. The molecule has 0 aliphatic rings. The molecule has 3 aromatic rings. The van der Waals surface area contributed by atoms with Crippen LogP contribution in [0.5, 0.6) is 0 Å². The van der Waals surface area contributed by atoms with E-state index in [9.17, 15) is 4.79 Å². The predicted molar refractivity (Wildman–Crippen MR) is 84.8 cm³/mol. The van der Waals surface area contributed by atoms with Crippen molar-refractivity contribution in [3.05, 3.63) is 41.5 Å². The van der Waals surface area contributed by atoms with E-state index >= 15 is 0 Å². The first-order valence-electron chi connectivity index (χ1n) is 7.36. The predicted octanol–water partition coefficient (Wildman–Crippen LogP) is 2.94. The van der Waals surface area contributed by atoms with Crippen molar-refractivity contribution in [1.29, 1.82) is 0 Å².